The maximum absolute atomic E-state index is 14.1. The first kappa shape index (κ1) is 17.4. The van der Waals surface area contributed by atoms with Crippen LogP contribution in [0, 0.1) is 0 Å². The second kappa shape index (κ2) is 5.26. The molecular formula is C9H11F8NO2. The van der Waals surface area contributed by atoms with Crippen LogP contribution < -0.4 is 0 Å². The molecule has 0 amide bonds. The van der Waals surface area contributed by atoms with Gasteiger partial charge >= 0.3 is 24.0 Å². The van der Waals surface area contributed by atoms with Gasteiger partial charge in [-0.15, -0.1) is 0 Å². The largest absolute Gasteiger partial charge is 0.443 e. The Balaban J connectivity index is 3.31. The van der Waals surface area contributed by atoms with Gasteiger partial charge in [0, 0.05) is 20.2 Å². The van der Waals surface area contributed by atoms with Gasteiger partial charge in [0.15, 0.2) is 0 Å². The molecule has 0 bridgehead atoms. The summed E-state index contributed by atoms with van der Waals surface area (Å²) in [6, 6.07) is 0. The van der Waals surface area contributed by atoms with Crippen molar-refractivity contribution in [3.63, 3.8) is 0 Å². The lowest BCUT2D eigenvalue weighted by molar-refractivity contribution is -0.441. The molecule has 1 aliphatic heterocycles. The van der Waals surface area contributed by atoms with Crippen LogP contribution in [0.1, 0.15) is 0 Å². The molecule has 1 atom stereocenters. The van der Waals surface area contributed by atoms with Crippen LogP contribution in [0.25, 0.3) is 0 Å². The minimum absolute atomic E-state index is 0.0595. The first-order valence-electron chi connectivity index (χ1n) is 5.31. The Kier molecular flexibility index (Phi) is 4.57. The van der Waals surface area contributed by atoms with Gasteiger partial charge in [0.2, 0.25) is 0 Å². The molecule has 1 heterocycles. The number of nitrogens with zero attached hydrogens (tertiary/aromatic N) is 1. The van der Waals surface area contributed by atoms with Gasteiger partial charge in [-0.3, -0.25) is 4.90 Å². The summed E-state index contributed by atoms with van der Waals surface area (Å²) in [5.41, 5.74) is 0. The summed E-state index contributed by atoms with van der Waals surface area (Å²) in [4.78, 5) is -0.413. The number of ether oxygens (including phenoxy) is 2. The lowest BCUT2D eigenvalue weighted by Gasteiger charge is -2.45. The molecule has 1 unspecified atom stereocenters. The quantitative estimate of drug-likeness (QED) is 0.587. The molecule has 0 aliphatic carbocycles. The minimum atomic E-state index is -6.25. The lowest BCUT2D eigenvalue weighted by atomic mass is 10.0. The fraction of sp³-hybridized carbons (Fsp3) is 1.00. The molecule has 1 rings (SSSR count). The van der Waals surface area contributed by atoms with Crippen LogP contribution in [0.4, 0.5) is 35.1 Å². The van der Waals surface area contributed by atoms with Gasteiger partial charge in [-0.05, 0) is 0 Å². The summed E-state index contributed by atoms with van der Waals surface area (Å²) in [6.45, 7) is -2.80. The van der Waals surface area contributed by atoms with E-state index < -0.39 is 55.2 Å². The first-order chi connectivity index (χ1) is 8.92. The molecule has 0 saturated carbocycles. The van der Waals surface area contributed by atoms with Crippen molar-refractivity contribution in [2.24, 2.45) is 0 Å². The van der Waals surface area contributed by atoms with E-state index in [-0.39, 0.29) is 7.11 Å². The lowest BCUT2D eigenvalue weighted by Crippen LogP contribution is -2.72. The van der Waals surface area contributed by atoms with Crippen molar-refractivity contribution in [1.29, 1.82) is 0 Å². The molecular weight excluding hydrogens is 306 g/mol. The van der Waals surface area contributed by atoms with E-state index in [0.29, 0.717) is 0 Å². The summed E-state index contributed by atoms with van der Waals surface area (Å²) in [6.07, 6.45) is -11.9. The SMILES string of the molecule is COC(F)(F)C(F)(F)C(F)(N1CCOCC1)C(F)(F)F. The third kappa shape index (κ3) is 2.46. The second-order valence-electron chi connectivity index (χ2n) is 4.01. The van der Waals surface area contributed by atoms with Gasteiger partial charge in [0.25, 0.3) is 0 Å². The first-order valence-corrected chi connectivity index (χ1v) is 5.31. The summed E-state index contributed by atoms with van der Waals surface area (Å²) >= 11 is 0. The highest BCUT2D eigenvalue weighted by Crippen LogP contribution is 2.54. The van der Waals surface area contributed by atoms with E-state index >= 15 is 0 Å². The highest BCUT2D eigenvalue weighted by atomic mass is 19.4. The van der Waals surface area contributed by atoms with Crippen molar-refractivity contribution in [2.75, 3.05) is 33.4 Å². The van der Waals surface area contributed by atoms with Crippen LogP contribution in [-0.2, 0) is 9.47 Å². The van der Waals surface area contributed by atoms with Gasteiger partial charge in [0.05, 0.1) is 13.2 Å². The zero-order valence-corrected chi connectivity index (χ0v) is 10.1. The summed E-state index contributed by atoms with van der Waals surface area (Å²) in [5, 5.41) is 0. The summed E-state index contributed by atoms with van der Waals surface area (Å²) in [5.74, 6) is -11.7. The Hall–Kier alpha value is -0.680. The molecule has 0 aromatic rings. The highest BCUT2D eigenvalue weighted by Gasteiger charge is 2.83. The summed E-state index contributed by atoms with van der Waals surface area (Å²) in [7, 11) is 0.0595. The van der Waals surface area contributed by atoms with Gasteiger partial charge in [-0.25, -0.2) is 4.39 Å². The molecule has 1 fully saturated rings. The molecule has 3 nitrogen and oxygen atoms in total. The fourth-order valence-electron chi connectivity index (χ4n) is 1.75. The molecule has 0 radical (unpaired) electrons. The van der Waals surface area contributed by atoms with Crippen LogP contribution in [0.5, 0.6) is 0 Å². The van der Waals surface area contributed by atoms with Gasteiger partial charge in [0.1, 0.15) is 0 Å². The average Bonchev–Trinajstić information content (AvgIpc) is 2.37. The van der Waals surface area contributed by atoms with Crippen molar-refractivity contribution in [3.05, 3.63) is 0 Å². The van der Waals surface area contributed by atoms with Gasteiger partial charge in [-0.2, -0.15) is 30.7 Å². The van der Waals surface area contributed by atoms with E-state index in [4.69, 9.17) is 0 Å². The third-order valence-electron chi connectivity index (χ3n) is 2.86. The number of halogens is 8. The molecule has 1 aliphatic rings. The van der Waals surface area contributed by atoms with Crippen molar-refractivity contribution in [1.82, 2.24) is 4.90 Å². The number of methoxy groups -OCH3 is 1. The van der Waals surface area contributed by atoms with E-state index in [0.717, 1.165) is 0 Å². The molecule has 0 aromatic carbocycles. The molecule has 0 N–H and O–H groups in total. The van der Waals surface area contributed by atoms with Crippen LogP contribution in [0.2, 0.25) is 0 Å². The predicted octanol–water partition coefficient (Wildman–Crippen LogP) is 2.42. The van der Waals surface area contributed by atoms with Crippen LogP contribution in [-0.4, -0.2) is 62.3 Å². The zero-order valence-electron chi connectivity index (χ0n) is 10.1. The average molecular weight is 317 g/mol. The molecule has 120 valence electrons. The maximum atomic E-state index is 14.1. The fourth-order valence-corrected chi connectivity index (χ4v) is 1.75. The molecule has 20 heavy (non-hydrogen) atoms. The number of rotatable bonds is 4. The maximum Gasteiger partial charge on any atom is 0.443 e. The topological polar surface area (TPSA) is 21.7 Å². The molecule has 0 aromatic heterocycles. The zero-order chi connectivity index (χ0) is 15.8. The number of alkyl halides is 8. The van der Waals surface area contributed by atoms with E-state index in [1.807, 2.05) is 0 Å². The van der Waals surface area contributed by atoms with E-state index in [1.165, 1.54) is 0 Å². The number of hydrogen-bond acceptors (Lipinski definition) is 3. The van der Waals surface area contributed by atoms with Crippen LogP contribution >= 0.6 is 0 Å². The van der Waals surface area contributed by atoms with E-state index in [2.05, 4.69) is 9.47 Å². The number of hydrogen-bond donors (Lipinski definition) is 0. The molecule has 1 saturated heterocycles. The Labute approximate surface area is 108 Å². The van der Waals surface area contributed by atoms with Crippen LogP contribution in [0.15, 0.2) is 0 Å². The Morgan fingerprint density at radius 3 is 1.70 bits per heavy atom. The van der Waals surface area contributed by atoms with E-state index in [9.17, 15) is 35.1 Å². The second-order valence-corrected chi connectivity index (χ2v) is 4.01. The minimum Gasteiger partial charge on any atom is -0.379 e. The van der Waals surface area contributed by atoms with Crippen LogP contribution in [0.3, 0.4) is 0 Å². The van der Waals surface area contributed by atoms with Crippen molar-refractivity contribution >= 4 is 0 Å². The third-order valence-corrected chi connectivity index (χ3v) is 2.86. The highest BCUT2D eigenvalue weighted by molar-refractivity contribution is 5.04. The predicted molar refractivity (Wildman–Crippen MR) is 49.2 cm³/mol. The number of morpholine rings is 1. The molecule has 0 spiro atoms. The van der Waals surface area contributed by atoms with Gasteiger partial charge < -0.3 is 9.47 Å². The van der Waals surface area contributed by atoms with Crippen molar-refractivity contribution < 1.29 is 44.6 Å². The van der Waals surface area contributed by atoms with Crippen molar-refractivity contribution in [2.45, 2.75) is 24.0 Å². The Bertz CT molecular complexity index is 341. The van der Waals surface area contributed by atoms with Gasteiger partial charge in [-0.1, -0.05) is 0 Å². The molecule has 11 heteroatoms. The van der Waals surface area contributed by atoms with Crippen molar-refractivity contribution in [3.8, 4) is 0 Å². The normalized spacial score (nSPS) is 22.6. The summed E-state index contributed by atoms with van der Waals surface area (Å²) < 4.78 is 113. The monoisotopic (exact) mass is 317 g/mol. The smallest absolute Gasteiger partial charge is 0.379 e. The Morgan fingerprint density at radius 2 is 1.35 bits per heavy atom. The Morgan fingerprint density at radius 1 is 0.900 bits per heavy atom. The van der Waals surface area contributed by atoms with E-state index in [1.54, 1.807) is 0 Å². The standard InChI is InChI=1S/C9H11F8NO2/c1-19-9(16,17)6(10,11)7(12,8(13,14)15)18-2-4-20-5-3-18/h2-5H2,1H3.